The van der Waals surface area contributed by atoms with Gasteiger partial charge in [0.05, 0.1) is 21.2 Å². The predicted octanol–water partition coefficient (Wildman–Crippen LogP) is 5.18. The second kappa shape index (κ2) is 11.3. The van der Waals surface area contributed by atoms with E-state index in [1.807, 2.05) is 60.7 Å². The molecule has 0 bridgehead atoms. The number of ether oxygens (including phenoxy) is 1. The van der Waals surface area contributed by atoms with Crippen molar-refractivity contribution in [1.82, 2.24) is 15.3 Å². The van der Waals surface area contributed by atoms with Gasteiger partial charge < -0.3 is 15.2 Å². The largest absolute Gasteiger partial charge is 0.489 e. The second-order valence-electron chi connectivity index (χ2n) is 9.68. The molecule has 6 rings (SSSR count). The summed E-state index contributed by atoms with van der Waals surface area (Å²) in [5.74, 6) is 0.855. The number of sulfonamides is 1. The minimum Gasteiger partial charge on any atom is -0.489 e. The van der Waals surface area contributed by atoms with Crippen LogP contribution in [0.1, 0.15) is 23.7 Å². The highest BCUT2D eigenvalue weighted by atomic mass is 32.2. The number of anilines is 1. The molecule has 2 atom stereocenters. The van der Waals surface area contributed by atoms with Crippen LogP contribution in [-0.4, -0.2) is 42.7 Å². The predicted molar refractivity (Wildman–Crippen MR) is 157 cm³/mol. The highest BCUT2D eigenvalue weighted by Crippen LogP contribution is 2.33. The number of hydrogen-bond donors (Lipinski definition) is 3. The van der Waals surface area contributed by atoms with E-state index in [9.17, 15) is 13.5 Å². The van der Waals surface area contributed by atoms with Crippen molar-refractivity contribution in [3.05, 3.63) is 102 Å². The summed E-state index contributed by atoms with van der Waals surface area (Å²) in [5.41, 5.74) is 4.60. The standard InChI is InChI=1S/C30H28N4O4S2/c35-27(23-4-3-15-31-17-23)19-32-18-24-11-7-22-16-21(10-14-28(22)38-24)20-8-12-25(13-9-20)40(36,37)34-30-33-26-5-1-2-6-29(26)39-30/h1-6,8-10,12-17,24,27,32,35H,7,11,18-19H2,(H,33,34). The Morgan fingerprint density at radius 1 is 1.02 bits per heavy atom. The summed E-state index contributed by atoms with van der Waals surface area (Å²) in [5, 5.41) is 14.0. The third-order valence-electron chi connectivity index (χ3n) is 6.88. The van der Waals surface area contributed by atoms with Gasteiger partial charge in [-0.1, -0.05) is 47.7 Å². The van der Waals surface area contributed by atoms with Crippen LogP contribution in [0.25, 0.3) is 21.3 Å². The van der Waals surface area contributed by atoms with Gasteiger partial charge in [-0.05, 0) is 72.0 Å². The number of nitrogens with one attached hydrogen (secondary N) is 2. The summed E-state index contributed by atoms with van der Waals surface area (Å²) in [4.78, 5) is 8.60. The first-order chi connectivity index (χ1) is 19.4. The SMILES string of the molecule is O=S(=O)(Nc1nc2ccccc2s1)c1ccc(-c2ccc3c(c2)CCC(CNCC(O)c2cccnc2)O3)cc1. The van der Waals surface area contributed by atoms with Crippen LogP contribution in [0.3, 0.4) is 0 Å². The molecule has 1 aliphatic rings. The van der Waals surface area contributed by atoms with Crippen LogP contribution in [-0.2, 0) is 16.4 Å². The number of aromatic nitrogens is 2. The summed E-state index contributed by atoms with van der Waals surface area (Å²) in [6.45, 7) is 1.07. The number of aliphatic hydroxyl groups is 1. The van der Waals surface area contributed by atoms with Crippen molar-refractivity contribution in [2.45, 2.75) is 29.9 Å². The Bertz CT molecular complexity index is 1690. The molecule has 3 aromatic carbocycles. The van der Waals surface area contributed by atoms with Gasteiger partial charge in [-0.15, -0.1) is 0 Å². The number of para-hydroxylation sites is 1. The van der Waals surface area contributed by atoms with Gasteiger partial charge in [-0.3, -0.25) is 9.71 Å². The topological polar surface area (TPSA) is 113 Å². The molecule has 8 nitrogen and oxygen atoms in total. The van der Waals surface area contributed by atoms with Gasteiger partial charge in [0.15, 0.2) is 5.13 Å². The number of benzene rings is 3. The van der Waals surface area contributed by atoms with Crippen LogP contribution in [0.4, 0.5) is 5.13 Å². The lowest BCUT2D eigenvalue weighted by molar-refractivity contribution is 0.146. The van der Waals surface area contributed by atoms with E-state index in [2.05, 4.69) is 26.1 Å². The highest BCUT2D eigenvalue weighted by molar-refractivity contribution is 7.93. The lowest BCUT2D eigenvalue weighted by atomic mass is 9.97. The molecule has 3 N–H and O–H groups in total. The third kappa shape index (κ3) is 5.85. The fourth-order valence-corrected chi connectivity index (χ4v) is 6.86. The summed E-state index contributed by atoms with van der Waals surface area (Å²) < 4.78 is 35.6. The first kappa shape index (κ1) is 26.4. The number of hydrogen-bond acceptors (Lipinski definition) is 8. The van der Waals surface area contributed by atoms with Crippen LogP contribution < -0.4 is 14.8 Å². The number of nitrogens with zero attached hydrogens (tertiary/aromatic N) is 2. The van der Waals surface area contributed by atoms with Crippen LogP contribution in [0.2, 0.25) is 0 Å². The van der Waals surface area contributed by atoms with Crippen LogP contribution in [0, 0.1) is 0 Å². The van der Waals surface area contributed by atoms with Crippen molar-refractivity contribution < 1.29 is 18.3 Å². The molecule has 0 amide bonds. The molecule has 0 spiro atoms. The van der Waals surface area contributed by atoms with Gasteiger partial charge >= 0.3 is 0 Å². The second-order valence-corrected chi connectivity index (χ2v) is 12.4. The molecule has 3 heterocycles. The molecule has 2 unspecified atom stereocenters. The first-order valence-corrected chi connectivity index (χ1v) is 15.3. The normalized spacial score (nSPS) is 15.8. The van der Waals surface area contributed by atoms with E-state index in [0.29, 0.717) is 18.2 Å². The molecule has 204 valence electrons. The van der Waals surface area contributed by atoms with Crippen LogP contribution >= 0.6 is 11.3 Å². The number of pyridine rings is 1. The Morgan fingerprint density at radius 3 is 2.65 bits per heavy atom. The van der Waals surface area contributed by atoms with Gasteiger partial charge in [0.25, 0.3) is 10.0 Å². The molecule has 10 heteroatoms. The molecule has 1 aliphatic heterocycles. The average Bonchev–Trinajstić information content (AvgIpc) is 3.39. The molecular weight excluding hydrogens is 544 g/mol. The Hall–Kier alpha value is -3.83. The Kier molecular flexibility index (Phi) is 7.48. The fraction of sp³-hybridized carbons (Fsp3) is 0.200. The van der Waals surface area contributed by atoms with E-state index < -0.39 is 16.1 Å². The Morgan fingerprint density at radius 2 is 1.85 bits per heavy atom. The highest BCUT2D eigenvalue weighted by Gasteiger charge is 2.21. The number of aryl methyl sites for hydroxylation is 1. The fourth-order valence-electron chi connectivity index (χ4n) is 4.76. The molecule has 0 radical (unpaired) electrons. The summed E-state index contributed by atoms with van der Waals surface area (Å²) in [6.07, 6.45) is 4.50. The molecule has 0 saturated heterocycles. The van der Waals surface area contributed by atoms with Crippen LogP contribution in [0.15, 0.2) is 96.2 Å². The summed E-state index contributed by atoms with van der Waals surface area (Å²) in [7, 11) is -3.76. The van der Waals surface area contributed by atoms with Gasteiger partial charge in [0, 0.05) is 31.0 Å². The zero-order valence-electron chi connectivity index (χ0n) is 21.5. The minimum atomic E-state index is -3.76. The molecule has 2 aromatic heterocycles. The number of fused-ring (bicyclic) bond motifs is 2. The van der Waals surface area contributed by atoms with Crippen molar-refractivity contribution in [1.29, 1.82) is 0 Å². The van der Waals surface area contributed by atoms with Crippen LogP contribution in [0.5, 0.6) is 5.75 Å². The van der Waals surface area contributed by atoms with E-state index in [1.165, 1.54) is 11.3 Å². The maximum Gasteiger partial charge on any atom is 0.263 e. The van der Waals surface area contributed by atoms with E-state index >= 15 is 0 Å². The minimum absolute atomic E-state index is 0.0202. The third-order valence-corrected chi connectivity index (χ3v) is 9.32. The van der Waals surface area contributed by atoms with Gasteiger partial charge in [-0.2, -0.15) is 0 Å². The van der Waals surface area contributed by atoms with Crippen molar-refractivity contribution in [2.75, 3.05) is 17.8 Å². The quantitative estimate of drug-likeness (QED) is 0.223. The Labute approximate surface area is 236 Å². The maximum absolute atomic E-state index is 13.0. The average molecular weight is 573 g/mol. The van der Waals surface area contributed by atoms with Crippen molar-refractivity contribution >= 4 is 36.7 Å². The smallest absolute Gasteiger partial charge is 0.263 e. The van der Waals surface area contributed by atoms with E-state index in [4.69, 9.17) is 4.74 Å². The number of aliphatic hydroxyl groups excluding tert-OH is 1. The van der Waals surface area contributed by atoms with Gasteiger partial charge in [-0.25, -0.2) is 13.4 Å². The number of rotatable bonds is 9. The van der Waals surface area contributed by atoms with E-state index in [-0.39, 0.29) is 11.0 Å². The molecule has 40 heavy (non-hydrogen) atoms. The molecular formula is C30H28N4O4S2. The van der Waals surface area contributed by atoms with E-state index in [1.54, 1.807) is 24.5 Å². The Balaban J connectivity index is 1.07. The van der Waals surface area contributed by atoms with Gasteiger partial charge in [0.2, 0.25) is 0 Å². The summed E-state index contributed by atoms with van der Waals surface area (Å²) >= 11 is 1.31. The van der Waals surface area contributed by atoms with Crippen molar-refractivity contribution in [3.63, 3.8) is 0 Å². The number of thiazole rings is 1. The van der Waals surface area contributed by atoms with Crippen molar-refractivity contribution in [3.8, 4) is 16.9 Å². The first-order valence-electron chi connectivity index (χ1n) is 13.0. The van der Waals surface area contributed by atoms with Crippen molar-refractivity contribution in [2.24, 2.45) is 0 Å². The molecule has 0 saturated carbocycles. The molecule has 0 fully saturated rings. The molecule has 0 aliphatic carbocycles. The monoisotopic (exact) mass is 572 g/mol. The lowest BCUT2D eigenvalue weighted by Gasteiger charge is -2.27. The summed E-state index contributed by atoms with van der Waals surface area (Å²) in [6, 6.07) is 24.1. The molecule has 5 aromatic rings. The lowest BCUT2D eigenvalue weighted by Crippen LogP contribution is -2.36. The van der Waals surface area contributed by atoms with Gasteiger partial charge in [0.1, 0.15) is 11.9 Å². The maximum atomic E-state index is 13.0. The van der Waals surface area contributed by atoms with E-state index in [0.717, 1.165) is 51.1 Å². The zero-order valence-corrected chi connectivity index (χ0v) is 23.2. The zero-order chi connectivity index (χ0) is 27.5.